The van der Waals surface area contributed by atoms with E-state index in [1.165, 1.54) is 0 Å². The molecule has 0 spiro atoms. The van der Waals surface area contributed by atoms with E-state index in [1.807, 2.05) is 13.8 Å². The molecule has 0 aromatic rings. The van der Waals surface area contributed by atoms with Crippen LogP contribution in [0.1, 0.15) is 53.4 Å². The van der Waals surface area contributed by atoms with Crippen LogP contribution in [0.25, 0.3) is 0 Å². The molecule has 0 bridgehead atoms. The Morgan fingerprint density at radius 2 is 1.17 bits per heavy atom. The van der Waals surface area contributed by atoms with Gasteiger partial charge < -0.3 is 9.80 Å². The average molecular weight is 254 g/mol. The average Bonchev–Trinajstić information content (AvgIpc) is 2.37. The first kappa shape index (κ1) is 15.0. The molecule has 0 radical (unpaired) electrons. The topological polar surface area (TPSA) is 40.6 Å². The lowest BCUT2D eigenvalue weighted by molar-refractivity contribution is -0.160. The quantitative estimate of drug-likeness (QED) is 0.727. The van der Waals surface area contributed by atoms with E-state index >= 15 is 0 Å². The highest BCUT2D eigenvalue weighted by Crippen LogP contribution is 2.19. The predicted molar refractivity (Wildman–Crippen MR) is 72.2 cm³/mol. The number of carbonyl (C=O) groups is 2. The Morgan fingerprint density at radius 1 is 0.833 bits per heavy atom. The third-order valence-corrected chi connectivity index (χ3v) is 3.72. The molecule has 0 aliphatic carbocycles. The lowest BCUT2D eigenvalue weighted by Gasteiger charge is -2.42. The summed E-state index contributed by atoms with van der Waals surface area (Å²) in [5, 5.41) is 0. The first-order valence-corrected chi connectivity index (χ1v) is 7.15. The summed E-state index contributed by atoms with van der Waals surface area (Å²) in [6.45, 7) is 9.29. The largest absolute Gasteiger partial charge is 0.329 e. The van der Waals surface area contributed by atoms with E-state index in [2.05, 4.69) is 13.8 Å². The van der Waals surface area contributed by atoms with Crippen molar-refractivity contribution in [3.8, 4) is 0 Å². The molecule has 2 atom stereocenters. The van der Waals surface area contributed by atoms with Crippen molar-refractivity contribution in [3.05, 3.63) is 0 Å². The Morgan fingerprint density at radius 3 is 1.44 bits per heavy atom. The number of nitrogens with zero attached hydrogens (tertiary/aromatic N) is 2. The molecular formula is C14H26N2O2. The van der Waals surface area contributed by atoms with Gasteiger partial charge in [0.1, 0.15) is 12.1 Å². The SMILES string of the molecule is CCCCN1C(=O)C(C)N(CCCC)C(=O)C1C. The molecule has 1 saturated heterocycles. The zero-order valence-electron chi connectivity index (χ0n) is 12.1. The summed E-state index contributed by atoms with van der Waals surface area (Å²) in [7, 11) is 0. The second-order valence-corrected chi connectivity index (χ2v) is 5.12. The van der Waals surface area contributed by atoms with Crippen molar-refractivity contribution < 1.29 is 9.59 Å². The second-order valence-electron chi connectivity index (χ2n) is 5.12. The molecule has 0 aromatic heterocycles. The van der Waals surface area contributed by atoms with Gasteiger partial charge in [-0.2, -0.15) is 0 Å². The van der Waals surface area contributed by atoms with E-state index < -0.39 is 0 Å². The Balaban J connectivity index is 2.75. The van der Waals surface area contributed by atoms with Crippen LogP contribution in [-0.2, 0) is 9.59 Å². The molecule has 104 valence electrons. The summed E-state index contributed by atoms with van der Waals surface area (Å²) in [5.41, 5.74) is 0. The van der Waals surface area contributed by atoms with Gasteiger partial charge in [-0.15, -0.1) is 0 Å². The Kier molecular flexibility index (Phi) is 5.63. The monoisotopic (exact) mass is 254 g/mol. The van der Waals surface area contributed by atoms with Crippen LogP contribution in [0.2, 0.25) is 0 Å². The van der Waals surface area contributed by atoms with Gasteiger partial charge in [0.15, 0.2) is 0 Å². The molecule has 1 fully saturated rings. The summed E-state index contributed by atoms with van der Waals surface area (Å²) in [6.07, 6.45) is 4.01. The predicted octanol–water partition coefficient (Wildman–Crippen LogP) is 2.03. The number of unbranched alkanes of at least 4 members (excludes halogenated alkanes) is 2. The summed E-state index contributed by atoms with van der Waals surface area (Å²) >= 11 is 0. The van der Waals surface area contributed by atoms with Gasteiger partial charge in [0, 0.05) is 13.1 Å². The van der Waals surface area contributed by atoms with Gasteiger partial charge in [-0.05, 0) is 26.7 Å². The van der Waals surface area contributed by atoms with E-state index in [0.717, 1.165) is 25.7 Å². The van der Waals surface area contributed by atoms with E-state index in [0.29, 0.717) is 13.1 Å². The smallest absolute Gasteiger partial charge is 0.245 e. The standard InChI is InChI=1S/C14H26N2O2/c1-5-7-9-15-11(3)14(18)16(10-8-6-2)12(4)13(15)17/h11-12H,5-10H2,1-4H3. The summed E-state index contributed by atoms with van der Waals surface area (Å²) in [5.74, 6) is 0.207. The number of amides is 2. The maximum atomic E-state index is 12.3. The molecule has 4 heteroatoms. The molecule has 0 saturated carbocycles. The van der Waals surface area contributed by atoms with Crippen molar-refractivity contribution >= 4 is 11.8 Å². The van der Waals surface area contributed by atoms with Crippen molar-refractivity contribution in [3.63, 3.8) is 0 Å². The Hall–Kier alpha value is -1.06. The Bertz CT molecular complexity index is 274. The van der Waals surface area contributed by atoms with Crippen molar-refractivity contribution in [1.29, 1.82) is 0 Å². The molecule has 1 aliphatic rings. The van der Waals surface area contributed by atoms with Gasteiger partial charge in [0.25, 0.3) is 0 Å². The van der Waals surface area contributed by atoms with Gasteiger partial charge in [0.2, 0.25) is 11.8 Å². The van der Waals surface area contributed by atoms with Gasteiger partial charge in [-0.1, -0.05) is 26.7 Å². The van der Waals surface area contributed by atoms with E-state index in [1.54, 1.807) is 9.80 Å². The number of piperazine rings is 1. The third-order valence-electron chi connectivity index (χ3n) is 3.72. The lowest BCUT2D eigenvalue weighted by Crippen LogP contribution is -2.63. The van der Waals surface area contributed by atoms with Crippen LogP contribution in [0.3, 0.4) is 0 Å². The van der Waals surface area contributed by atoms with E-state index in [-0.39, 0.29) is 23.9 Å². The van der Waals surface area contributed by atoms with Crippen LogP contribution in [0, 0.1) is 0 Å². The fourth-order valence-electron chi connectivity index (χ4n) is 2.39. The number of rotatable bonds is 6. The minimum atomic E-state index is -0.294. The highest BCUT2D eigenvalue weighted by molar-refractivity contribution is 5.96. The molecular weight excluding hydrogens is 228 g/mol. The minimum absolute atomic E-state index is 0.103. The molecule has 2 amide bonds. The minimum Gasteiger partial charge on any atom is -0.329 e. The molecule has 0 N–H and O–H groups in total. The molecule has 1 aliphatic heterocycles. The maximum absolute atomic E-state index is 12.3. The molecule has 18 heavy (non-hydrogen) atoms. The molecule has 4 nitrogen and oxygen atoms in total. The zero-order valence-corrected chi connectivity index (χ0v) is 12.1. The molecule has 1 rings (SSSR count). The summed E-state index contributed by atoms with van der Waals surface area (Å²) < 4.78 is 0. The van der Waals surface area contributed by atoms with Crippen LogP contribution >= 0.6 is 0 Å². The summed E-state index contributed by atoms with van der Waals surface area (Å²) in [6, 6.07) is -0.589. The number of hydrogen-bond donors (Lipinski definition) is 0. The molecule has 0 aromatic carbocycles. The van der Waals surface area contributed by atoms with Crippen LogP contribution in [0.5, 0.6) is 0 Å². The summed E-state index contributed by atoms with van der Waals surface area (Å²) in [4.78, 5) is 28.1. The highest BCUT2D eigenvalue weighted by atomic mass is 16.2. The first-order valence-electron chi connectivity index (χ1n) is 7.15. The van der Waals surface area contributed by atoms with E-state index in [4.69, 9.17) is 0 Å². The third kappa shape index (κ3) is 3.03. The number of hydrogen-bond acceptors (Lipinski definition) is 2. The van der Waals surface area contributed by atoms with Gasteiger partial charge in [-0.3, -0.25) is 9.59 Å². The Labute approximate surface area is 110 Å². The van der Waals surface area contributed by atoms with Crippen LogP contribution < -0.4 is 0 Å². The lowest BCUT2D eigenvalue weighted by atomic mass is 10.1. The second kappa shape index (κ2) is 6.76. The first-order chi connectivity index (χ1) is 8.54. The van der Waals surface area contributed by atoms with Crippen LogP contribution in [0.15, 0.2) is 0 Å². The molecule has 2 unspecified atom stereocenters. The fraction of sp³-hybridized carbons (Fsp3) is 0.857. The van der Waals surface area contributed by atoms with Gasteiger partial charge in [0.05, 0.1) is 0 Å². The van der Waals surface area contributed by atoms with Gasteiger partial charge in [-0.25, -0.2) is 0 Å². The van der Waals surface area contributed by atoms with Crippen molar-refractivity contribution in [2.75, 3.05) is 13.1 Å². The maximum Gasteiger partial charge on any atom is 0.245 e. The highest BCUT2D eigenvalue weighted by Gasteiger charge is 2.40. The van der Waals surface area contributed by atoms with Crippen molar-refractivity contribution in [2.24, 2.45) is 0 Å². The van der Waals surface area contributed by atoms with Crippen LogP contribution in [-0.4, -0.2) is 46.8 Å². The van der Waals surface area contributed by atoms with Crippen molar-refractivity contribution in [1.82, 2.24) is 9.80 Å². The van der Waals surface area contributed by atoms with E-state index in [9.17, 15) is 9.59 Å². The molecule has 1 heterocycles. The normalized spacial score (nSPS) is 24.9. The number of carbonyl (C=O) groups excluding carboxylic acids is 2. The van der Waals surface area contributed by atoms with Crippen LogP contribution in [0.4, 0.5) is 0 Å². The van der Waals surface area contributed by atoms with Gasteiger partial charge >= 0.3 is 0 Å². The zero-order chi connectivity index (χ0) is 13.7. The van der Waals surface area contributed by atoms with Crippen molar-refractivity contribution in [2.45, 2.75) is 65.5 Å². The fourth-order valence-corrected chi connectivity index (χ4v) is 2.39.